The maximum atomic E-state index is 9.67. The number of rotatable bonds is 5. The normalized spacial score (nSPS) is 11.7. The van der Waals surface area contributed by atoms with E-state index in [1.807, 2.05) is 32.0 Å². The predicted molar refractivity (Wildman–Crippen MR) is 105 cm³/mol. The van der Waals surface area contributed by atoms with E-state index in [0.29, 0.717) is 11.3 Å². The van der Waals surface area contributed by atoms with Crippen LogP contribution in [0.3, 0.4) is 0 Å². The highest BCUT2D eigenvalue weighted by atomic mass is 16.5. The van der Waals surface area contributed by atoms with Crippen LogP contribution in [0.15, 0.2) is 46.1 Å². The molecule has 0 aliphatic heterocycles. The lowest BCUT2D eigenvalue weighted by atomic mass is 9.86. The molecule has 0 radical (unpaired) electrons. The molecule has 0 aliphatic carbocycles. The summed E-state index contributed by atoms with van der Waals surface area (Å²) >= 11 is 0. The van der Waals surface area contributed by atoms with Crippen molar-refractivity contribution in [2.45, 2.75) is 33.6 Å². The van der Waals surface area contributed by atoms with Gasteiger partial charge in [0, 0.05) is 16.7 Å². The van der Waals surface area contributed by atoms with E-state index in [-0.39, 0.29) is 11.6 Å². The quantitative estimate of drug-likeness (QED) is 0.269. The second kappa shape index (κ2) is 7.53. The van der Waals surface area contributed by atoms with Crippen molar-refractivity contribution in [3.05, 3.63) is 59.0 Å². The van der Waals surface area contributed by atoms with E-state index in [9.17, 15) is 10.3 Å². The highest BCUT2D eigenvalue weighted by molar-refractivity contribution is 6.07. The van der Waals surface area contributed by atoms with Gasteiger partial charge in [0.15, 0.2) is 5.84 Å². The summed E-state index contributed by atoms with van der Waals surface area (Å²) in [6, 6.07) is 11.0. The van der Waals surface area contributed by atoms with Crippen molar-refractivity contribution in [1.82, 2.24) is 5.16 Å². The first-order chi connectivity index (χ1) is 13.0. The number of aromatic hydroxyl groups is 1. The van der Waals surface area contributed by atoms with Crippen molar-refractivity contribution in [2.24, 2.45) is 10.9 Å². The molecular weight excluding hydrogens is 342 g/mol. The van der Waals surface area contributed by atoms with E-state index < -0.39 is 0 Å². The van der Waals surface area contributed by atoms with Gasteiger partial charge in [0.05, 0.1) is 5.69 Å². The molecule has 1 heterocycles. The number of hydrogen-bond acceptors (Lipinski definition) is 5. The maximum Gasteiger partial charge on any atom is 0.170 e. The molecule has 0 unspecified atom stereocenters. The van der Waals surface area contributed by atoms with Crippen LogP contribution in [-0.2, 0) is 6.42 Å². The molecule has 1 aromatic heterocycles. The van der Waals surface area contributed by atoms with Gasteiger partial charge in [-0.1, -0.05) is 41.9 Å². The van der Waals surface area contributed by atoms with E-state index >= 15 is 0 Å². The van der Waals surface area contributed by atoms with E-state index in [1.54, 1.807) is 12.1 Å². The average molecular weight is 365 g/mol. The number of nitrogens with zero attached hydrogens (tertiary/aromatic N) is 2. The molecule has 2 aromatic carbocycles. The smallest absolute Gasteiger partial charge is 0.170 e. The second-order valence-electron chi connectivity index (χ2n) is 6.55. The van der Waals surface area contributed by atoms with Crippen LogP contribution < -0.4 is 5.73 Å². The van der Waals surface area contributed by atoms with Gasteiger partial charge in [0.25, 0.3) is 0 Å². The molecule has 6 heteroatoms. The number of phenols is 1. The Morgan fingerprint density at radius 3 is 2.41 bits per heavy atom. The fourth-order valence-corrected chi connectivity index (χ4v) is 3.37. The maximum absolute atomic E-state index is 9.67. The van der Waals surface area contributed by atoms with Crippen LogP contribution in [-0.4, -0.2) is 21.3 Å². The first-order valence-corrected chi connectivity index (χ1v) is 8.83. The molecule has 0 spiro atoms. The van der Waals surface area contributed by atoms with Crippen LogP contribution in [0.5, 0.6) is 5.75 Å². The van der Waals surface area contributed by atoms with E-state index in [4.69, 9.17) is 10.3 Å². The lowest BCUT2D eigenvalue weighted by Gasteiger charge is -2.17. The van der Waals surface area contributed by atoms with Gasteiger partial charge < -0.3 is 20.6 Å². The summed E-state index contributed by atoms with van der Waals surface area (Å²) < 4.78 is 5.37. The average Bonchev–Trinajstić information content (AvgIpc) is 2.99. The van der Waals surface area contributed by atoms with Gasteiger partial charge in [-0.3, -0.25) is 0 Å². The van der Waals surface area contributed by atoms with Gasteiger partial charge in [-0.25, -0.2) is 0 Å². The van der Waals surface area contributed by atoms with Gasteiger partial charge in [0.1, 0.15) is 11.5 Å². The van der Waals surface area contributed by atoms with Crippen molar-refractivity contribution in [2.75, 3.05) is 0 Å². The second-order valence-corrected chi connectivity index (χ2v) is 6.55. The Balaban J connectivity index is 2.41. The molecular formula is C21H23N3O3. The number of amidine groups is 1. The molecule has 6 nitrogen and oxygen atoms in total. The van der Waals surface area contributed by atoms with Crippen LogP contribution in [0.4, 0.5) is 0 Å². The van der Waals surface area contributed by atoms with Crippen molar-refractivity contribution in [3.8, 4) is 28.0 Å². The number of aryl methyl sites for hydroxylation is 3. The number of aromatic nitrogens is 1. The Bertz CT molecular complexity index is 969. The first kappa shape index (κ1) is 18.5. The molecule has 0 bridgehead atoms. The zero-order valence-electron chi connectivity index (χ0n) is 15.7. The Hall–Kier alpha value is -3.28. The molecule has 27 heavy (non-hydrogen) atoms. The number of nitrogens with two attached hydrogens (primary N) is 1. The summed E-state index contributed by atoms with van der Waals surface area (Å²) in [5, 5.41) is 26.3. The fraction of sp³-hybridized carbons (Fsp3) is 0.238. The Labute approximate surface area is 157 Å². The predicted octanol–water partition coefficient (Wildman–Crippen LogP) is 4.38. The molecule has 0 saturated carbocycles. The van der Waals surface area contributed by atoms with Gasteiger partial charge in [-0.05, 0) is 55.2 Å². The molecule has 0 atom stereocenters. The van der Waals surface area contributed by atoms with Gasteiger partial charge in [-0.2, -0.15) is 0 Å². The number of benzene rings is 2. The van der Waals surface area contributed by atoms with Crippen molar-refractivity contribution >= 4 is 5.84 Å². The zero-order valence-corrected chi connectivity index (χ0v) is 15.7. The number of oxime groups is 1. The summed E-state index contributed by atoms with van der Waals surface area (Å²) in [5.41, 5.74) is 11.9. The molecule has 4 N–H and O–H groups in total. The molecule has 3 rings (SSSR count). The Kier molecular flexibility index (Phi) is 5.16. The SMILES string of the molecule is CCCc1cc(/C(N)=N/O)c(-c2c(C)noc2C)c(-c2ccc(O)cc2)c1. The Morgan fingerprint density at radius 2 is 1.85 bits per heavy atom. The minimum absolute atomic E-state index is 0.0305. The molecule has 0 aliphatic rings. The molecule has 0 amide bonds. The topological polar surface area (TPSA) is 105 Å². The Morgan fingerprint density at radius 1 is 1.15 bits per heavy atom. The third kappa shape index (κ3) is 3.51. The standard InChI is InChI=1S/C21H23N3O3/c1-4-5-14-10-17(15-6-8-16(25)9-7-15)20(18(11-14)21(22)23-26)19-12(2)24-27-13(19)3/h6-11,25-26H,4-5H2,1-3H3,(H2,22,23). The first-order valence-electron chi connectivity index (χ1n) is 8.83. The third-order valence-corrected chi connectivity index (χ3v) is 4.58. The highest BCUT2D eigenvalue weighted by Gasteiger charge is 2.22. The number of hydrogen-bond donors (Lipinski definition) is 3. The lowest BCUT2D eigenvalue weighted by Crippen LogP contribution is -2.16. The van der Waals surface area contributed by atoms with Crippen LogP contribution in [0, 0.1) is 13.8 Å². The molecule has 0 saturated heterocycles. The molecule has 0 fully saturated rings. The van der Waals surface area contributed by atoms with Gasteiger partial charge in [-0.15, -0.1) is 0 Å². The molecule has 140 valence electrons. The van der Waals surface area contributed by atoms with Crippen LogP contribution in [0.25, 0.3) is 22.3 Å². The van der Waals surface area contributed by atoms with Crippen molar-refractivity contribution in [3.63, 3.8) is 0 Å². The largest absolute Gasteiger partial charge is 0.508 e. The minimum atomic E-state index is 0.0305. The highest BCUT2D eigenvalue weighted by Crippen LogP contribution is 2.40. The summed E-state index contributed by atoms with van der Waals surface area (Å²) in [7, 11) is 0. The minimum Gasteiger partial charge on any atom is -0.508 e. The summed E-state index contributed by atoms with van der Waals surface area (Å²) in [6.45, 7) is 5.81. The summed E-state index contributed by atoms with van der Waals surface area (Å²) in [5.74, 6) is 0.879. The number of phenolic OH excluding ortho intramolecular Hbond substituents is 1. The molecule has 3 aromatic rings. The van der Waals surface area contributed by atoms with Crippen molar-refractivity contribution in [1.29, 1.82) is 0 Å². The van der Waals surface area contributed by atoms with Crippen LogP contribution >= 0.6 is 0 Å². The van der Waals surface area contributed by atoms with Crippen molar-refractivity contribution < 1.29 is 14.8 Å². The summed E-state index contributed by atoms with van der Waals surface area (Å²) in [6.07, 6.45) is 1.83. The zero-order chi connectivity index (χ0) is 19.6. The van der Waals surface area contributed by atoms with E-state index in [2.05, 4.69) is 23.3 Å². The van der Waals surface area contributed by atoms with Gasteiger partial charge >= 0.3 is 0 Å². The van der Waals surface area contributed by atoms with Gasteiger partial charge in [0.2, 0.25) is 0 Å². The van der Waals surface area contributed by atoms with E-state index in [1.165, 1.54) is 0 Å². The monoisotopic (exact) mass is 365 g/mol. The lowest BCUT2D eigenvalue weighted by molar-refractivity contribution is 0.318. The van der Waals surface area contributed by atoms with Crippen LogP contribution in [0.2, 0.25) is 0 Å². The summed E-state index contributed by atoms with van der Waals surface area (Å²) in [4.78, 5) is 0. The van der Waals surface area contributed by atoms with E-state index in [0.717, 1.165) is 46.4 Å². The third-order valence-electron chi connectivity index (χ3n) is 4.58. The fourth-order valence-electron chi connectivity index (χ4n) is 3.37. The van der Waals surface area contributed by atoms with Crippen LogP contribution in [0.1, 0.15) is 35.9 Å².